The molecule has 0 saturated carbocycles. The summed E-state index contributed by atoms with van der Waals surface area (Å²) in [6.07, 6.45) is -0.408. The highest BCUT2D eigenvalue weighted by Gasteiger charge is 2.29. The van der Waals surface area contributed by atoms with Gasteiger partial charge in [0, 0.05) is 12.6 Å². The number of methoxy groups -OCH3 is 1. The summed E-state index contributed by atoms with van der Waals surface area (Å²) < 4.78 is 4.52. The van der Waals surface area contributed by atoms with Crippen molar-refractivity contribution in [3.05, 3.63) is 0 Å². The largest absolute Gasteiger partial charge is 0.453 e. The second-order valence-electron chi connectivity index (χ2n) is 3.46. The van der Waals surface area contributed by atoms with Crippen LogP contribution in [0.25, 0.3) is 0 Å². The number of hydrogen-bond donors (Lipinski definition) is 3. The summed E-state index contributed by atoms with van der Waals surface area (Å²) in [4.78, 5) is 11.0. The van der Waals surface area contributed by atoms with Crippen molar-refractivity contribution in [1.29, 1.82) is 0 Å². The van der Waals surface area contributed by atoms with Crippen LogP contribution in [-0.4, -0.2) is 38.4 Å². The quantitative estimate of drug-likeness (QED) is 0.506. The van der Waals surface area contributed by atoms with Crippen molar-refractivity contribution in [2.75, 3.05) is 20.2 Å². The van der Waals surface area contributed by atoms with Gasteiger partial charge in [-0.05, 0) is 12.5 Å². The van der Waals surface area contributed by atoms with Gasteiger partial charge in [-0.15, -0.1) is 0 Å². The molecule has 1 amide bonds. The Morgan fingerprint density at radius 2 is 2.31 bits per heavy atom. The zero-order valence-corrected chi connectivity index (χ0v) is 8.04. The first kappa shape index (κ1) is 10.3. The molecular weight excluding hydrogens is 170 g/mol. The monoisotopic (exact) mass is 187 g/mol. The van der Waals surface area contributed by atoms with E-state index in [0.717, 1.165) is 13.1 Å². The highest BCUT2D eigenvalue weighted by atomic mass is 16.5. The van der Waals surface area contributed by atoms with Crippen LogP contribution in [0.4, 0.5) is 4.79 Å². The maximum Gasteiger partial charge on any atom is 0.407 e. The Kier molecular flexibility index (Phi) is 3.50. The van der Waals surface area contributed by atoms with E-state index in [2.05, 4.69) is 15.4 Å². The highest BCUT2D eigenvalue weighted by Crippen LogP contribution is 2.09. The van der Waals surface area contributed by atoms with Crippen LogP contribution in [0.2, 0.25) is 0 Å². The van der Waals surface area contributed by atoms with Crippen molar-refractivity contribution in [2.45, 2.75) is 19.0 Å². The second-order valence-corrected chi connectivity index (χ2v) is 3.46. The van der Waals surface area contributed by atoms with Crippen LogP contribution in [0.1, 0.15) is 6.92 Å². The van der Waals surface area contributed by atoms with Crippen molar-refractivity contribution in [1.82, 2.24) is 10.6 Å². The van der Waals surface area contributed by atoms with Crippen LogP contribution in [-0.2, 0) is 4.74 Å². The molecule has 0 aliphatic carbocycles. The van der Waals surface area contributed by atoms with Crippen LogP contribution in [0.5, 0.6) is 0 Å². The summed E-state index contributed by atoms with van der Waals surface area (Å²) in [6.45, 7) is 3.66. The first-order chi connectivity index (χ1) is 6.15. The lowest BCUT2D eigenvalue weighted by molar-refractivity contribution is 0.154. The summed E-state index contributed by atoms with van der Waals surface area (Å²) in [6, 6.07) is -0.0310. The van der Waals surface area contributed by atoms with E-state index in [0.29, 0.717) is 5.92 Å². The predicted molar refractivity (Wildman–Crippen MR) is 49.3 cm³/mol. The first-order valence-corrected chi connectivity index (χ1v) is 4.46. The number of nitrogens with one attached hydrogen (secondary N) is 2. The number of rotatable bonds is 1. The molecule has 1 rings (SSSR count). The summed E-state index contributed by atoms with van der Waals surface area (Å²) in [5, 5.41) is 5.93. The number of carbonyl (C=O) groups is 1. The average molecular weight is 187 g/mol. The molecule has 5 nitrogen and oxygen atoms in total. The molecule has 4 N–H and O–H groups in total. The van der Waals surface area contributed by atoms with E-state index in [4.69, 9.17) is 5.73 Å². The molecule has 3 atom stereocenters. The van der Waals surface area contributed by atoms with Crippen molar-refractivity contribution in [3.8, 4) is 0 Å². The van der Waals surface area contributed by atoms with Gasteiger partial charge in [-0.25, -0.2) is 4.79 Å². The number of nitrogens with two attached hydrogens (primary N) is 1. The lowest BCUT2D eigenvalue weighted by atomic mass is 9.92. The third-order valence-electron chi connectivity index (χ3n) is 2.39. The molecule has 0 spiro atoms. The molecule has 0 bridgehead atoms. The van der Waals surface area contributed by atoms with Crippen molar-refractivity contribution in [3.63, 3.8) is 0 Å². The van der Waals surface area contributed by atoms with E-state index in [1.165, 1.54) is 7.11 Å². The Morgan fingerprint density at radius 3 is 2.85 bits per heavy atom. The summed E-state index contributed by atoms with van der Waals surface area (Å²) in [7, 11) is 1.35. The van der Waals surface area contributed by atoms with Gasteiger partial charge >= 0.3 is 6.09 Å². The summed E-state index contributed by atoms with van der Waals surface area (Å²) >= 11 is 0. The molecule has 0 aromatic heterocycles. The summed E-state index contributed by atoms with van der Waals surface area (Å²) in [5.74, 6) is 0.336. The van der Waals surface area contributed by atoms with Crippen molar-refractivity contribution in [2.24, 2.45) is 11.7 Å². The molecule has 1 aliphatic rings. The molecule has 1 heterocycles. The topological polar surface area (TPSA) is 76.4 Å². The zero-order valence-electron chi connectivity index (χ0n) is 8.04. The van der Waals surface area contributed by atoms with Crippen LogP contribution in [0, 0.1) is 5.92 Å². The van der Waals surface area contributed by atoms with Gasteiger partial charge in [0.1, 0.15) is 0 Å². The number of amides is 1. The van der Waals surface area contributed by atoms with Gasteiger partial charge in [0.2, 0.25) is 0 Å². The van der Waals surface area contributed by atoms with Gasteiger partial charge in [0.15, 0.2) is 0 Å². The van der Waals surface area contributed by atoms with E-state index in [-0.39, 0.29) is 12.1 Å². The molecule has 1 saturated heterocycles. The SMILES string of the molecule is COC(=O)N[C@H]1[C@H](N)CNC[C@@H]1C. The second kappa shape index (κ2) is 4.43. The molecule has 0 unspecified atom stereocenters. The number of alkyl carbamates (subject to hydrolysis) is 1. The normalized spacial score (nSPS) is 33.9. The molecule has 13 heavy (non-hydrogen) atoms. The number of carbonyl (C=O) groups excluding carboxylic acids is 1. The van der Waals surface area contributed by atoms with Gasteiger partial charge in [0.05, 0.1) is 13.2 Å². The fraction of sp³-hybridized carbons (Fsp3) is 0.875. The fourth-order valence-electron chi connectivity index (χ4n) is 1.60. The Morgan fingerprint density at radius 1 is 1.62 bits per heavy atom. The Labute approximate surface area is 78.0 Å². The van der Waals surface area contributed by atoms with Gasteiger partial charge in [-0.2, -0.15) is 0 Å². The van der Waals surface area contributed by atoms with Crippen LogP contribution in [0.3, 0.4) is 0 Å². The van der Waals surface area contributed by atoms with Gasteiger partial charge < -0.3 is 21.1 Å². The minimum Gasteiger partial charge on any atom is -0.453 e. The minimum absolute atomic E-state index is 0.00806. The molecule has 0 radical (unpaired) electrons. The molecular formula is C8H17N3O2. The van der Waals surface area contributed by atoms with Gasteiger partial charge in [-0.3, -0.25) is 0 Å². The van der Waals surface area contributed by atoms with E-state index in [1.54, 1.807) is 0 Å². The Balaban J connectivity index is 2.48. The number of hydrogen-bond acceptors (Lipinski definition) is 4. The molecule has 0 aromatic rings. The maximum atomic E-state index is 11.0. The molecule has 0 aromatic carbocycles. The standard InChI is InChI=1S/C8H17N3O2/c1-5-3-10-4-6(9)7(5)11-8(12)13-2/h5-7,10H,3-4,9H2,1-2H3,(H,11,12)/t5-,6+,7+/m0/s1. The number of piperidine rings is 1. The lowest BCUT2D eigenvalue weighted by Crippen LogP contribution is -2.60. The van der Waals surface area contributed by atoms with Gasteiger partial charge in [-0.1, -0.05) is 6.92 Å². The predicted octanol–water partition coefficient (Wildman–Crippen LogP) is -0.722. The van der Waals surface area contributed by atoms with Crippen LogP contribution >= 0.6 is 0 Å². The lowest BCUT2D eigenvalue weighted by Gasteiger charge is -2.34. The van der Waals surface area contributed by atoms with Crippen LogP contribution in [0.15, 0.2) is 0 Å². The van der Waals surface area contributed by atoms with E-state index < -0.39 is 6.09 Å². The van der Waals surface area contributed by atoms with E-state index >= 15 is 0 Å². The first-order valence-electron chi connectivity index (χ1n) is 4.46. The number of ether oxygens (including phenoxy) is 1. The third kappa shape index (κ3) is 2.57. The van der Waals surface area contributed by atoms with Crippen LogP contribution < -0.4 is 16.4 Å². The van der Waals surface area contributed by atoms with Crippen molar-refractivity contribution >= 4 is 6.09 Å². The molecule has 5 heteroatoms. The fourth-order valence-corrected chi connectivity index (χ4v) is 1.60. The van der Waals surface area contributed by atoms with E-state index in [9.17, 15) is 4.79 Å². The zero-order chi connectivity index (χ0) is 9.84. The van der Waals surface area contributed by atoms with E-state index in [1.807, 2.05) is 6.92 Å². The smallest absolute Gasteiger partial charge is 0.407 e. The third-order valence-corrected chi connectivity index (χ3v) is 2.39. The average Bonchev–Trinajstić information content (AvgIpc) is 2.11. The molecule has 1 fully saturated rings. The van der Waals surface area contributed by atoms with Crippen molar-refractivity contribution < 1.29 is 9.53 Å². The molecule has 76 valence electrons. The van der Waals surface area contributed by atoms with Gasteiger partial charge in [0.25, 0.3) is 0 Å². The summed E-state index contributed by atoms with van der Waals surface area (Å²) in [5.41, 5.74) is 5.84. The maximum absolute atomic E-state index is 11.0. The minimum atomic E-state index is -0.408. The molecule has 1 aliphatic heterocycles. The Hall–Kier alpha value is -0.810. The Bertz CT molecular complexity index is 176. The highest BCUT2D eigenvalue weighted by molar-refractivity contribution is 5.67.